The van der Waals surface area contributed by atoms with E-state index in [1.54, 1.807) is 24.3 Å². The van der Waals surface area contributed by atoms with Crippen molar-refractivity contribution in [2.24, 2.45) is 5.41 Å². The van der Waals surface area contributed by atoms with Gasteiger partial charge >= 0.3 is 5.97 Å². The Morgan fingerprint density at radius 2 is 1.81 bits per heavy atom. The maximum atomic E-state index is 13.4. The monoisotopic (exact) mass is 506 g/mol. The van der Waals surface area contributed by atoms with E-state index in [2.05, 4.69) is 19.2 Å². The maximum Gasteiger partial charge on any atom is 0.336 e. The van der Waals surface area contributed by atoms with Crippen molar-refractivity contribution in [3.05, 3.63) is 86.2 Å². The summed E-state index contributed by atoms with van der Waals surface area (Å²) in [6.45, 7) is 6.10. The number of hydrogen-bond acceptors (Lipinski definition) is 8. The highest BCUT2D eigenvalue weighted by Crippen LogP contribution is 2.47. The summed E-state index contributed by atoms with van der Waals surface area (Å²) < 4.78 is 16.6. The van der Waals surface area contributed by atoms with Crippen LogP contribution in [0.25, 0.3) is 0 Å². The number of rotatable bonds is 7. The van der Waals surface area contributed by atoms with Gasteiger partial charge in [0.05, 0.1) is 24.7 Å². The first-order valence-corrected chi connectivity index (χ1v) is 11.9. The molecule has 0 spiro atoms. The van der Waals surface area contributed by atoms with E-state index in [0.29, 0.717) is 46.7 Å². The quantitative estimate of drug-likeness (QED) is 0.318. The topological polar surface area (TPSA) is 117 Å². The third-order valence-corrected chi connectivity index (χ3v) is 6.71. The van der Waals surface area contributed by atoms with Crippen molar-refractivity contribution in [2.75, 3.05) is 14.2 Å². The van der Waals surface area contributed by atoms with Gasteiger partial charge in [0.15, 0.2) is 17.3 Å². The molecule has 0 bridgehead atoms. The lowest BCUT2D eigenvalue weighted by Gasteiger charge is -2.39. The molecule has 2 aromatic carbocycles. The van der Waals surface area contributed by atoms with Crippen LogP contribution in [0.2, 0.25) is 0 Å². The lowest BCUT2D eigenvalue weighted by Crippen LogP contribution is -2.38. The number of benzene rings is 2. The zero-order chi connectivity index (χ0) is 26.9. The average Bonchev–Trinajstić information content (AvgIpc) is 2.85. The average molecular weight is 507 g/mol. The summed E-state index contributed by atoms with van der Waals surface area (Å²) in [7, 11) is 2.84. The molecule has 0 amide bonds. The molecule has 1 N–H and O–H groups in total. The Bertz CT molecular complexity index is 1320. The van der Waals surface area contributed by atoms with Crippen molar-refractivity contribution < 1.29 is 28.7 Å². The second-order valence-electron chi connectivity index (χ2n) is 10.0. The third-order valence-electron chi connectivity index (χ3n) is 6.71. The fourth-order valence-electron chi connectivity index (χ4n) is 5.01. The smallest absolute Gasteiger partial charge is 0.336 e. The molecular weight excluding hydrogens is 476 g/mol. The van der Waals surface area contributed by atoms with Crippen LogP contribution in [-0.2, 0) is 20.9 Å². The summed E-state index contributed by atoms with van der Waals surface area (Å²) >= 11 is 0. The Labute approximate surface area is 215 Å². The number of Topliss-reactive ketones (excluding diaryl/α,β-unsaturated/α-hetero) is 1. The number of carbonyl (C=O) groups is 2. The minimum Gasteiger partial charge on any atom is -0.493 e. The van der Waals surface area contributed by atoms with Crippen molar-refractivity contribution in [1.29, 1.82) is 0 Å². The van der Waals surface area contributed by atoms with Crippen LogP contribution in [0.5, 0.6) is 11.5 Å². The minimum atomic E-state index is -0.607. The van der Waals surface area contributed by atoms with Gasteiger partial charge in [-0.3, -0.25) is 14.9 Å². The second kappa shape index (κ2) is 10.1. The number of nitrogens with zero attached hydrogens (tertiary/aromatic N) is 1. The molecule has 9 nitrogen and oxygen atoms in total. The maximum absolute atomic E-state index is 13.4. The molecule has 1 unspecified atom stereocenters. The van der Waals surface area contributed by atoms with Crippen LogP contribution >= 0.6 is 0 Å². The lowest BCUT2D eigenvalue weighted by atomic mass is 9.68. The number of non-ortho nitro benzene ring substituents is 1. The van der Waals surface area contributed by atoms with E-state index in [1.165, 1.54) is 26.4 Å². The van der Waals surface area contributed by atoms with Gasteiger partial charge in [-0.05, 0) is 54.2 Å². The fraction of sp³-hybridized carbons (Fsp3) is 0.357. The van der Waals surface area contributed by atoms with Crippen molar-refractivity contribution in [1.82, 2.24) is 5.32 Å². The van der Waals surface area contributed by atoms with E-state index < -0.39 is 16.8 Å². The Morgan fingerprint density at radius 3 is 2.43 bits per heavy atom. The third kappa shape index (κ3) is 5.21. The molecule has 1 aliphatic carbocycles. The standard InChI is InChI=1S/C28H30N2O7/c1-16-24(27(32)36-5)25(26-20(29-16)13-28(2,3)14-21(26)31)18-8-11-22(23(12-18)35-4)37-15-17-6-9-19(10-7-17)30(33)34/h6-12,25,29H,13-15H2,1-5H3. The highest BCUT2D eigenvalue weighted by atomic mass is 16.6. The molecule has 0 saturated carbocycles. The zero-order valence-electron chi connectivity index (χ0n) is 21.5. The summed E-state index contributed by atoms with van der Waals surface area (Å²) in [5.41, 5.74) is 3.72. The summed E-state index contributed by atoms with van der Waals surface area (Å²) in [5, 5.41) is 14.2. The number of carbonyl (C=O) groups excluding carboxylic acids is 2. The molecule has 1 atom stereocenters. The number of allylic oxidation sites excluding steroid dienone is 3. The van der Waals surface area contributed by atoms with Crippen LogP contribution in [0, 0.1) is 15.5 Å². The largest absolute Gasteiger partial charge is 0.493 e. The summed E-state index contributed by atoms with van der Waals surface area (Å²) in [5.74, 6) is -0.216. The van der Waals surface area contributed by atoms with E-state index in [-0.39, 0.29) is 23.5 Å². The number of nitrogens with one attached hydrogen (secondary N) is 1. The molecule has 2 aromatic rings. The summed E-state index contributed by atoms with van der Waals surface area (Å²) in [6.07, 6.45) is 1.06. The van der Waals surface area contributed by atoms with Crippen LogP contribution in [0.3, 0.4) is 0 Å². The Morgan fingerprint density at radius 1 is 1.11 bits per heavy atom. The van der Waals surface area contributed by atoms with Gasteiger partial charge in [-0.2, -0.15) is 0 Å². The van der Waals surface area contributed by atoms with Crippen molar-refractivity contribution in [3.8, 4) is 11.5 Å². The molecule has 9 heteroatoms. The number of methoxy groups -OCH3 is 2. The molecule has 0 aromatic heterocycles. The SMILES string of the molecule is COC(=O)C1=C(C)NC2=C(C(=O)CC(C)(C)C2)C1c1ccc(OCc2ccc([N+](=O)[O-])cc2)c(OC)c1. The van der Waals surface area contributed by atoms with Crippen molar-refractivity contribution >= 4 is 17.4 Å². The molecule has 194 valence electrons. The Balaban J connectivity index is 1.69. The first-order chi connectivity index (χ1) is 17.5. The lowest BCUT2D eigenvalue weighted by molar-refractivity contribution is -0.384. The first-order valence-electron chi connectivity index (χ1n) is 11.9. The van der Waals surface area contributed by atoms with Gasteiger partial charge in [0.1, 0.15) is 6.61 Å². The van der Waals surface area contributed by atoms with Gasteiger partial charge in [0.25, 0.3) is 5.69 Å². The van der Waals surface area contributed by atoms with Gasteiger partial charge in [-0.15, -0.1) is 0 Å². The Kier molecular flexibility index (Phi) is 7.07. The summed E-state index contributed by atoms with van der Waals surface area (Å²) in [6, 6.07) is 11.4. The summed E-state index contributed by atoms with van der Waals surface area (Å²) in [4.78, 5) is 36.7. The van der Waals surface area contributed by atoms with E-state index in [0.717, 1.165) is 11.3 Å². The van der Waals surface area contributed by atoms with Crippen LogP contribution in [0.4, 0.5) is 5.69 Å². The van der Waals surface area contributed by atoms with E-state index in [1.807, 2.05) is 13.0 Å². The fourth-order valence-corrected chi connectivity index (χ4v) is 5.01. The van der Waals surface area contributed by atoms with Crippen LogP contribution in [0.1, 0.15) is 50.7 Å². The van der Waals surface area contributed by atoms with Gasteiger partial charge in [0.2, 0.25) is 0 Å². The van der Waals surface area contributed by atoms with Gasteiger partial charge in [0, 0.05) is 41.4 Å². The van der Waals surface area contributed by atoms with Crippen molar-refractivity contribution in [2.45, 2.75) is 46.1 Å². The molecule has 0 saturated heterocycles. The highest BCUT2D eigenvalue weighted by Gasteiger charge is 2.43. The highest BCUT2D eigenvalue weighted by molar-refractivity contribution is 6.04. The predicted octanol–water partition coefficient (Wildman–Crippen LogP) is 4.96. The second-order valence-corrected chi connectivity index (χ2v) is 10.0. The van der Waals surface area contributed by atoms with Gasteiger partial charge in [-0.25, -0.2) is 4.79 Å². The van der Waals surface area contributed by atoms with E-state index in [9.17, 15) is 19.7 Å². The number of ether oxygens (including phenoxy) is 3. The molecule has 37 heavy (non-hydrogen) atoms. The molecule has 4 rings (SSSR count). The molecule has 1 heterocycles. The normalized spacial score (nSPS) is 18.6. The molecule has 0 radical (unpaired) electrons. The predicted molar refractivity (Wildman–Crippen MR) is 136 cm³/mol. The zero-order valence-corrected chi connectivity index (χ0v) is 21.5. The Hall–Kier alpha value is -4.14. The number of nitro benzene ring substituents is 1. The van der Waals surface area contributed by atoms with Crippen LogP contribution in [0.15, 0.2) is 65.0 Å². The molecule has 2 aliphatic rings. The van der Waals surface area contributed by atoms with Crippen LogP contribution < -0.4 is 14.8 Å². The number of esters is 1. The van der Waals surface area contributed by atoms with Gasteiger partial charge in [-0.1, -0.05) is 19.9 Å². The number of nitro groups is 1. The first kappa shape index (κ1) is 25.9. The van der Waals surface area contributed by atoms with Crippen molar-refractivity contribution in [3.63, 3.8) is 0 Å². The van der Waals surface area contributed by atoms with Crippen LogP contribution in [-0.4, -0.2) is 30.9 Å². The molecule has 1 aliphatic heterocycles. The van der Waals surface area contributed by atoms with E-state index in [4.69, 9.17) is 14.2 Å². The number of dihydropyridines is 1. The molecular formula is C28H30N2O7. The van der Waals surface area contributed by atoms with Gasteiger partial charge < -0.3 is 19.5 Å². The minimum absolute atomic E-state index is 0.00452. The molecule has 0 fully saturated rings. The number of ketones is 1. The van der Waals surface area contributed by atoms with E-state index >= 15 is 0 Å². The number of hydrogen-bond donors (Lipinski definition) is 1.